The summed E-state index contributed by atoms with van der Waals surface area (Å²) in [6, 6.07) is 27.1. The van der Waals surface area contributed by atoms with Gasteiger partial charge in [0.2, 0.25) is 11.8 Å². The van der Waals surface area contributed by atoms with Crippen molar-refractivity contribution in [3.63, 3.8) is 0 Å². The smallest absolute Gasteiger partial charge is 0.293 e. The van der Waals surface area contributed by atoms with Gasteiger partial charge < -0.3 is 50.6 Å². The molecule has 4 aromatic carbocycles. The zero-order chi connectivity index (χ0) is 72.7. The molecule has 3 aromatic heterocycles. The predicted octanol–water partition coefficient (Wildman–Crippen LogP) is 11.6. The summed E-state index contributed by atoms with van der Waals surface area (Å²) in [7, 11) is -4.65. The highest BCUT2D eigenvalue weighted by Crippen LogP contribution is 2.44. The Bertz CT molecular complexity index is 4300. The summed E-state index contributed by atoms with van der Waals surface area (Å²) < 4.78 is 43.1. The van der Waals surface area contributed by atoms with Crippen LogP contribution >= 0.6 is 22.9 Å². The Kier molecular flexibility index (Phi) is 23.7. The van der Waals surface area contributed by atoms with E-state index in [0.717, 1.165) is 135 Å². The average molecular weight is 1470 g/mol. The summed E-state index contributed by atoms with van der Waals surface area (Å²) in [6.45, 7) is 23.5. The van der Waals surface area contributed by atoms with Gasteiger partial charge in [0.1, 0.15) is 28.9 Å². The van der Waals surface area contributed by atoms with Crippen LogP contribution in [0.25, 0.3) is 27.0 Å². The van der Waals surface area contributed by atoms with E-state index in [-0.39, 0.29) is 59.2 Å². The van der Waals surface area contributed by atoms with Gasteiger partial charge in [0.25, 0.3) is 21.6 Å². The number of halogens is 1. The Labute approximate surface area is 613 Å². The number of nitro benzene ring substituents is 1. The lowest BCUT2D eigenvalue weighted by atomic mass is 9.72. The number of carbonyl (C=O) groups is 3. The van der Waals surface area contributed by atoms with E-state index in [1.54, 1.807) is 41.8 Å². The van der Waals surface area contributed by atoms with Crippen molar-refractivity contribution < 1.29 is 42.3 Å². The van der Waals surface area contributed by atoms with Crippen molar-refractivity contribution in [2.75, 3.05) is 102 Å². The number of β-amino-alcohol motifs (C(OH)–C–C–N with tert-alkyl or cyclic N) is 1. The molecule has 5 atom stereocenters. The Hall–Kier alpha value is -7.85. The number of H-pyrrole nitrogens is 1. The molecule has 550 valence electrons. The van der Waals surface area contributed by atoms with Crippen molar-refractivity contribution >= 4 is 84.4 Å². The van der Waals surface area contributed by atoms with E-state index < -0.39 is 55.0 Å². The van der Waals surface area contributed by atoms with Crippen LogP contribution in [-0.4, -0.2) is 182 Å². The number of nitrogens with one attached hydrogen (secondary N) is 6. The van der Waals surface area contributed by atoms with Crippen molar-refractivity contribution in [2.24, 2.45) is 22.7 Å². The fourth-order valence-corrected chi connectivity index (χ4v) is 17.4. The molecule has 3 amide bonds. The molecule has 7 N–H and O–H groups in total. The quantitative estimate of drug-likeness (QED) is 0.0151. The van der Waals surface area contributed by atoms with Crippen LogP contribution in [0.5, 0.6) is 11.5 Å². The number of piperazine rings is 2. The summed E-state index contributed by atoms with van der Waals surface area (Å²) in [5.41, 5.74) is 9.69. The van der Waals surface area contributed by atoms with Crippen LogP contribution in [0.4, 0.5) is 17.1 Å². The average Bonchev–Trinajstić information content (AvgIpc) is 1.68. The number of nitrogens with zero attached hydrogens (tertiary/aromatic N) is 7. The molecule has 26 heteroatoms. The molecule has 0 radical (unpaired) electrons. The van der Waals surface area contributed by atoms with E-state index in [1.165, 1.54) is 39.9 Å². The lowest BCUT2D eigenvalue weighted by molar-refractivity contribution is -0.384. The maximum atomic E-state index is 14.4. The van der Waals surface area contributed by atoms with Crippen LogP contribution in [0.1, 0.15) is 126 Å². The number of allylic oxidation sites excluding steroid dienone is 1. The molecule has 7 aromatic rings. The number of pyridine rings is 1. The Morgan fingerprint density at radius 1 is 0.922 bits per heavy atom. The highest BCUT2D eigenvalue weighted by molar-refractivity contribution is 7.90. The lowest BCUT2D eigenvalue weighted by Crippen LogP contribution is -2.57. The number of amides is 3. The minimum Gasteiger partial charge on any atom is -0.455 e. The number of anilines is 2. The molecule has 1 saturated carbocycles. The maximum absolute atomic E-state index is 14.4. The summed E-state index contributed by atoms with van der Waals surface area (Å²) in [6.07, 6.45) is 9.51. The molecule has 4 fully saturated rings. The third-order valence-electron chi connectivity index (χ3n) is 21.3. The highest BCUT2D eigenvalue weighted by Gasteiger charge is 2.44. The SMILES string of the molecule is Cc1ncsc1-c1ccc([C@H](C)NC(=O)[C@@H]2C[C@@H](O)CN2C(=O)[C@@H](NCCOCCN2CCNCC2C2CCC(CNc3ccc(S(=O)(=O)NC(=O)c4ccc(N5CCN(CC6=C(c7ccc(Cl)cc7)CC(C)(C)CC6)CC5)cc4Oc4cnc5[nH]ccc5c4)cc3[N+](=O)[O-])CC2)C(C)(C)C)cc1. The Balaban J connectivity index is 0.610. The van der Waals surface area contributed by atoms with Gasteiger partial charge in [0.15, 0.2) is 0 Å². The van der Waals surface area contributed by atoms with Crippen LogP contribution in [0.3, 0.4) is 0 Å². The fraction of sp³-hybridized carbons (Fsp3) is 0.494. The molecule has 3 aliphatic heterocycles. The zero-order valence-electron chi connectivity index (χ0n) is 60.0. The second-order valence-corrected chi connectivity index (χ2v) is 33.3. The highest BCUT2D eigenvalue weighted by atomic mass is 35.5. The molecule has 1 unspecified atom stereocenters. The number of aryl methyl sites for hydroxylation is 1. The zero-order valence-corrected chi connectivity index (χ0v) is 62.4. The van der Waals surface area contributed by atoms with E-state index in [1.807, 2.05) is 82.6 Å². The number of rotatable bonds is 26. The third kappa shape index (κ3) is 18.5. The second-order valence-electron chi connectivity index (χ2n) is 30.3. The number of fused-ring (bicyclic) bond motifs is 1. The number of hydrogen-bond donors (Lipinski definition) is 7. The first-order valence-electron chi connectivity index (χ1n) is 36.2. The number of sulfonamides is 1. The van der Waals surface area contributed by atoms with Crippen molar-refractivity contribution in [1.82, 2.24) is 50.3 Å². The van der Waals surface area contributed by atoms with Crippen molar-refractivity contribution in [3.8, 4) is 21.9 Å². The molecule has 23 nitrogen and oxygen atoms in total. The summed E-state index contributed by atoms with van der Waals surface area (Å²) in [5.74, 6) is -0.414. The number of carbonyl (C=O) groups excluding carboxylic acids is 3. The van der Waals surface area contributed by atoms with Gasteiger partial charge in [-0.25, -0.2) is 23.1 Å². The standard InChI is InChI=1S/C77H98ClN13O10S2/c1-49(52-12-14-55(15-13-52)70-50(2)84-48-102-70)85-74(94)67-40-60(92)47-90(67)75(95)71(76(3,4)5)80-29-36-100-37-35-89-30-28-79-45-68(89)54-10-8-51(9-11-54)43-82-65-23-21-62(41-66(65)91(96)97)103(98,99)86-73(93)63-22-20-59(39-69(63)101-61-38-56-25-27-81-72(56)83-44-61)88-33-31-87(32-34-88)46-57-24-26-77(6,7)42-64(57)53-16-18-58(78)19-17-53/h12-23,25,27,38-39,41,44,48-49,51,54,60,67-68,71,79-80,82,92H,8-11,24,26,28-37,40,42-43,45-47H2,1-7H3,(H,81,83)(H,85,94)(H,86,93)/t49-,51?,54?,60+,67-,68?,71+/m0/s1. The number of thiazole rings is 1. The van der Waals surface area contributed by atoms with E-state index in [4.69, 9.17) is 21.1 Å². The van der Waals surface area contributed by atoms with Crippen molar-refractivity contribution in [3.05, 3.63) is 158 Å². The number of aromatic amines is 1. The van der Waals surface area contributed by atoms with Crippen LogP contribution in [0, 0.1) is 39.7 Å². The van der Waals surface area contributed by atoms with Gasteiger partial charge in [0, 0.05) is 125 Å². The maximum Gasteiger partial charge on any atom is 0.293 e. The van der Waals surface area contributed by atoms with Crippen molar-refractivity contribution in [1.29, 1.82) is 0 Å². The van der Waals surface area contributed by atoms with Crippen LogP contribution in [0.15, 0.2) is 125 Å². The van der Waals surface area contributed by atoms with Gasteiger partial charge in [-0.2, -0.15) is 0 Å². The largest absolute Gasteiger partial charge is 0.455 e. The van der Waals surface area contributed by atoms with E-state index in [9.17, 15) is 38.0 Å². The first-order valence-corrected chi connectivity index (χ1v) is 38.9. The first kappa shape index (κ1) is 74.9. The monoisotopic (exact) mass is 1460 g/mol. The molecule has 103 heavy (non-hydrogen) atoms. The van der Waals surface area contributed by atoms with Crippen LogP contribution in [-0.2, 0) is 24.3 Å². The van der Waals surface area contributed by atoms with Crippen molar-refractivity contribution in [2.45, 2.75) is 135 Å². The predicted molar refractivity (Wildman–Crippen MR) is 404 cm³/mol. The van der Waals surface area contributed by atoms with E-state index >= 15 is 0 Å². The Morgan fingerprint density at radius 2 is 1.68 bits per heavy atom. The lowest BCUT2D eigenvalue weighted by Gasteiger charge is -2.43. The molecule has 5 aliphatic rings. The molecular weight excluding hydrogens is 1370 g/mol. The molecular formula is C77H98ClN13O10S2. The van der Waals surface area contributed by atoms with Gasteiger partial charge in [-0.1, -0.05) is 88.2 Å². The molecule has 0 spiro atoms. The van der Waals surface area contributed by atoms with Gasteiger partial charge in [0.05, 0.1) is 69.1 Å². The summed E-state index contributed by atoms with van der Waals surface area (Å²) in [4.78, 5) is 75.9. The minimum atomic E-state index is -4.65. The van der Waals surface area contributed by atoms with Gasteiger partial charge in [-0.05, 0) is 152 Å². The van der Waals surface area contributed by atoms with Gasteiger partial charge in [-0.3, -0.25) is 34.3 Å². The number of benzene rings is 4. The van der Waals surface area contributed by atoms with Gasteiger partial charge >= 0.3 is 0 Å². The van der Waals surface area contributed by atoms with Crippen LogP contribution in [0.2, 0.25) is 5.02 Å². The number of hydrogen-bond acceptors (Lipinski definition) is 19. The number of likely N-dealkylation sites (tertiary alicyclic amines) is 1. The molecule has 2 aliphatic carbocycles. The molecule has 6 heterocycles. The topological polar surface area (TPSA) is 282 Å². The first-order chi connectivity index (χ1) is 49.3. The molecule has 0 bridgehead atoms. The van der Waals surface area contributed by atoms with E-state index in [2.05, 4.69) is 81.6 Å². The number of nitro groups is 1. The third-order valence-corrected chi connectivity index (χ3v) is 23.9. The summed E-state index contributed by atoms with van der Waals surface area (Å²) in [5, 5.41) is 38.4. The number of aromatic nitrogens is 3. The number of ether oxygens (including phenoxy) is 2. The molecule has 3 saturated heterocycles. The normalized spacial score (nSPS) is 21.3. The van der Waals surface area contributed by atoms with Gasteiger partial charge in [-0.15, -0.1) is 11.3 Å². The fourth-order valence-electron chi connectivity index (χ4n) is 15.4. The second kappa shape index (κ2) is 32.7. The number of aliphatic hydroxyl groups is 1. The minimum absolute atomic E-state index is 0.0550. The molecule has 12 rings (SSSR count). The Morgan fingerprint density at radius 3 is 2.41 bits per heavy atom. The van der Waals surface area contributed by atoms with Crippen LogP contribution < -0.4 is 35.6 Å². The van der Waals surface area contributed by atoms with E-state index in [0.29, 0.717) is 62.7 Å². The summed E-state index contributed by atoms with van der Waals surface area (Å²) >= 11 is 7.88. The number of aliphatic hydroxyl groups excluding tert-OH is 1.